The molecule has 3 rings (SSSR count). The van der Waals surface area contributed by atoms with Gasteiger partial charge in [0.05, 0.1) is 20.8 Å². The van der Waals surface area contributed by atoms with Gasteiger partial charge in [-0.3, -0.25) is 9.59 Å². The van der Waals surface area contributed by atoms with E-state index < -0.39 is 5.91 Å². The molecule has 0 spiro atoms. The summed E-state index contributed by atoms with van der Waals surface area (Å²) >= 11 is 18.6. The summed E-state index contributed by atoms with van der Waals surface area (Å²) < 4.78 is 5.51. The lowest BCUT2D eigenvalue weighted by molar-refractivity contribution is -0.118. The van der Waals surface area contributed by atoms with Crippen LogP contribution in [0.5, 0.6) is 5.75 Å². The van der Waals surface area contributed by atoms with Gasteiger partial charge in [0.25, 0.3) is 11.8 Å². The molecule has 2 N–H and O–H groups in total. The molecule has 0 aliphatic heterocycles. The van der Waals surface area contributed by atoms with Crippen molar-refractivity contribution in [2.45, 2.75) is 6.92 Å². The zero-order valence-corrected chi connectivity index (χ0v) is 20.1. The summed E-state index contributed by atoms with van der Waals surface area (Å²) in [4.78, 5) is 24.7. The largest absolute Gasteiger partial charge is 0.481 e. The Morgan fingerprint density at radius 2 is 1.56 bits per heavy atom. The minimum absolute atomic E-state index is 0.111. The van der Waals surface area contributed by atoms with E-state index in [1.54, 1.807) is 30.3 Å². The molecule has 0 saturated carbocycles. The highest BCUT2D eigenvalue weighted by atomic mass is 35.5. The molecule has 0 aliphatic carbocycles. The molecule has 6 nitrogen and oxygen atoms in total. The standard InChI is InChI=1S/C25H18Cl3N3O3/c1-15-6-2-4-8-21(15)30-23(32)14-34-24-19(27)11-16(12-20(24)28)10-17(13-29)25(33)31-22-9-5-3-7-18(22)26/h2-12H,14H2,1H3,(H,30,32)(H,31,33)/b17-10+. The van der Waals surface area contributed by atoms with Crippen molar-refractivity contribution in [1.29, 1.82) is 5.26 Å². The number of nitrogens with zero attached hydrogens (tertiary/aromatic N) is 1. The van der Waals surface area contributed by atoms with Crippen molar-refractivity contribution in [3.63, 3.8) is 0 Å². The Morgan fingerprint density at radius 3 is 2.18 bits per heavy atom. The van der Waals surface area contributed by atoms with Crippen molar-refractivity contribution in [1.82, 2.24) is 0 Å². The van der Waals surface area contributed by atoms with Crippen LogP contribution in [0, 0.1) is 18.3 Å². The predicted octanol–water partition coefficient (Wildman–Crippen LogP) is 6.52. The lowest BCUT2D eigenvalue weighted by Crippen LogP contribution is -2.20. The monoisotopic (exact) mass is 513 g/mol. The third-order valence-corrected chi connectivity index (χ3v) is 5.48. The predicted molar refractivity (Wildman–Crippen MR) is 135 cm³/mol. The molecule has 0 bridgehead atoms. The molecule has 0 atom stereocenters. The molecule has 34 heavy (non-hydrogen) atoms. The van der Waals surface area contributed by atoms with Crippen molar-refractivity contribution in [2.24, 2.45) is 0 Å². The molecule has 2 amide bonds. The molecule has 9 heteroatoms. The number of amides is 2. The third-order valence-electron chi connectivity index (χ3n) is 4.59. The Labute approximate surface area is 211 Å². The summed E-state index contributed by atoms with van der Waals surface area (Å²) in [6.45, 7) is 1.56. The van der Waals surface area contributed by atoms with E-state index >= 15 is 0 Å². The number of halogens is 3. The van der Waals surface area contributed by atoms with Gasteiger partial charge in [0.1, 0.15) is 11.6 Å². The van der Waals surface area contributed by atoms with Gasteiger partial charge in [-0.1, -0.05) is 65.1 Å². The first-order chi connectivity index (χ1) is 16.3. The number of hydrogen-bond acceptors (Lipinski definition) is 4. The Bertz CT molecular complexity index is 1290. The molecular weight excluding hydrogens is 497 g/mol. The fourth-order valence-electron chi connectivity index (χ4n) is 2.91. The number of hydrogen-bond donors (Lipinski definition) is 2. The maximum Gasteiger partial charge on any atom is 0.266 e. The summed E-state index contributed by atoms with van der Waals surface area (Å²) in [6.07, 6.45) is 1.33. The fraction of sp³-hybridized carbons (Fsp3) is 0.0800. The van der Waals surface area contributed by atoms with E-state index in [0.29, 0.717) is 22.0 Å². The molecule has 0 aromatic heterocycles. The van der Waals surface area contributed by atoms with Gasteiger partial charge in [0, 0.05) is 5.69 Å². The van der Waals surface area contributed by atoms with E-state index in [-0.39, 0.29) is 33.9 Å². The van der Waals surface area contributed by atoms with E-state index in [9.17, 15) is 14.9 Å². The topological polar surface area (TPSA) is 91.2 Å². The highest BCUT2D eigenvalue weighted by Gasteiger charge is 2.15. The second-order valence-electron chi connectivity index (χ2n) is 7.07. The van der Waals surface area contributed by atoms with E-state index in [4.69, 9.17) is 39.5 Å². The molecule has 0 saturated heterocycles. The van der Waals surface area contributed by atoms with E-state index in [1.807, 2.05) is 31.2 Å². The molecule has 172 valence electrons. The minimum atomic E-state index is -0.643. The van der Waals surface area contributed by atoms with Crippen LogP contribution >= 0.6 is 34.8 Å². The van der Waals surface area contributed by atoms with Crippen LogP contribution in [0.25, 0.3) is 6.08 Å². The van der Waals surface area contributed by atoms with Crippen LogP contribution in [0.4, 0.5) is 11.4 Å². The summed E-state index contributed by atoms with van der Waals surface area (Å²) in [6, 6.07) is 18.8. The Kier molecular flexibility index (Phi) is 8.55. The molecule has 0 unspecified atom stereocenters. The highest BCUT2D eigenvalue weighted by molar-refractivity contribution is 6.37. The van der Waals surface area contributed by atoms with E-state index in [2.05, 4.69) is 10.6 Å². The lowest BCUT2D eigenvalue weighted by atomic mass is 10.1. The average Bonchev–Trinajstić information content (AvgIpc) is 2.80. The molecule has 0 fully saturated rings. The van der Waals surface area contributed by atoms with Crippen LogP contribution in [0.3, 0.4) is 0 Å². The summed E-state index contributed by atoms with van der Waals surface area (Å²) in [5, 5.41) is 15.3. The number of para-hydroxylation sites is 2. The van der Waals surface area contributed by atoms with Gasteiger partial charge in [-0.25, -0.2) is 0 Å². The lowest BCUT2D eigenvalue weighted by Gasteiger charge is -2.12. The van der Waals surface area contributed by atoms with Gasteiger partial charge >= 0.3 is 0 Å². The van der Waals surface area contributed by atoms with Crippen LogP contribution in [-0.4, -0.2) is 18.4 Å². The fourth-order valence-corrected chi connectivity index (χ4v) is 3.70. The van der Waals surface area contributed by atoms with Gasteiger partial charge in [0.15, 0.2) is 12.4 Å². The molecule has 0 aliphatic rings. The highest BCUT2D eigenvalue weighted by Crippen LogP contribution is 2.35. The number of benzene rings is 3. The Hall–Kier alpha value is -3.50. The zero-order chi connectivity index (χ0) is 24.7. The van der Waals surface area contributed by atoms with Crippen LogP contribution in [-0.2, 0) is 9.59 Å². The second-order valence-corrected chi connectivity index (χ2v) is 8.29. The summed E-state index contributed by atoms with van der Waals surface area (Å²) in [7, 11) is 0. The van der Waals surface area contributed by atoms with Gasteiger partial charge in [0.2, 0.25) is 0 Å². The zero-order valence-electron chi connectivity index (χ0n) is 17.9. The molecule has 0 radical (unpaired) electrons. The summed E-state index contributed by atoms with van der Waals surface area (Å²) in [5.41, 5.74) is 2.18. The normalized spacial score (nSPS) is 10.9. The number of nitrogens with one attached hydrogen (secondary N) is 2. The first-order valence-corrected chi connectivity index (χ1v) is 11.1. The van der Waals surface area contributed by atoms with Gasteiger partial charge in [-0.05, 0) is 54.5 Å². The maximum absolute atomic E-state index is 12.5. The average molecular weight is 515 g/mol. The van der Waals surface area contributed by atoms with Crippen LogP contribution < -0.4 is 15.4 Å². The van der Waals surface area contributed by atoms with Gasteiger partial charge in [-0.2, -0.15) is 5.26 Å². The van der Waals surface area contributed by atoms with Crippen molar-refractivity contribution in [2.75, 3.05) is 17.2 Å². The minimum Gasteiger partial charge on any atom is -0.481 e. The van der Waals surface area contributed by atoms with Crippen molar-refractivity contribution < 1.29 is 14.3 Å². The smallest absolute Gasteiger partial charge is 0.266 e. The van der Waals surface area contributed by atoms with Gasteiger partial charge < -0.3 is 15.4 Å². The third kappa shape index (κ3) is 6.52. The van der Waals surface area contributed by atoms with Crippen molar-refractivity contribution in [3.05, 3.63) is 92.4 Å². The summed E-state index contributed by atoms with van der Waals surface area (Å²) in [5.74, 6) is -0.913. The van der Waals surface area contributed by atoms with Crippen molar-refractivity contribution >= 4 is 64.1 Å². The van der Waals surface area contributed by atoms with E-state index in [0.717, 1.165) is 5.56 Å². The number of anilines is 2. The molecule has 3 aromatic rings. The van der Waals surface area contributed by atoms with Crippen LogP contribution in [0.2, 0.25) is 15.1 Å². The molecule has 0 heterocycles. The Morgan fingerprint density at radius 1 is 0.941 bits per heavy atom. The van der Waals surface area contributed by atoms with Crippen LogP contribution in [0.15, 0.2) is 66.2 Å². The van der Waals surface area contributed by atoms with Crippen LogP contribution in [0.1, 0.15) is 11.1 Å². The maximum atomic E-state index is 12.5. The Balaban J connectivity index is 1.71. The quantitative estimate of drug-likeness (QED) is 0.277. The number of carbonyl (C=O) groups is 2. The number of carbonyl (C=O) groups excluding carboxylic acids is 2. The van der Waals surface area contributed by atoms with Gasteiger partial charge in [-0.15, -0.1) is 0 Å². The molecular formula is C25H18Cl3N3O3. The van der Waals surface area contributed by atoms with Crippen molar-refractivity contribution in [3.8, 4) is 11.8 Å². The number of aryl methyl sites for hydroxylation is 1. The second kappa shape index (κ2) is 11.6. The number of nitriles is 1. The first-order valence-electron chi connectivity index (χ1n) is 9.93. The first kappa shape index (κ1) is 25.1. The number of ether oxygens (including phenoxy) is 1. The number of rotatable bonds is 7. The van der Waals surface area contributed by atoms with E-state index in [1.165, 1.54) is 18.2 Å². The molecule has 3 aromatic carbocycles. The SMILES string of the molecule is Cc1ccccc1NC(=O)COc1c(Cl)cc(/C=C(\C#N)C(=O)Nc2ccccc2Cl)cc1Cl.